The van der Waals surface area contributed by atoms with E-state index in [0.717, 1.165) is 25.8 Å². The predicted molar refractivity (Wildman–Crippen MR) is 76.5 cm³/mol. The second-order valence-corrected chi connectivity index (χ2v) is 5.42. The first-order chi connectivity index (χ1) is 9.59. The highest BCUT2D eigenvalue weighted by Gasteiger charge is 2.29. The van der Waals surface area contributed by atoms with E-state index >= 15 is 0 Å². The number of quaternary nitrogens is 1. The van der Waals surface area contributed by atoms with Crippen LogP contribution in [-0.2, 0) is 4.79 Å². The molecule has 2 unspecified atom stereocenters. The summed E-state index contributed by atoms with van der Waals surface area (Å²) in [5.74, 6) is -0.596. The number of benzene rings is 1. The van der Waals surface area contributed by atoms with Gasteiger partial charge in [0.1, 0.15) is 5.82 Å². The lowest BCUT2D eigenvalue weighted by Crippen LogP contribution is -3.15. The van der Waals surface area contributed by atoms with Crippen LogP contribution in [-0.4, -0.2) is 31.8 Å². The zero-order chi connectivity index (χ0) is 14.5. The molecule has 20 heavy (non-hydrogen) atoms. The molecule has 1 heterocycles. The van der Waals surface area contributed by atoms with E-state index < -0.39 is 5.82 Å². The van der Waals surface area contributed by atoms with Crippen LogP contribution >= 0.6 is 11.6 Å². The number of likely N-dealkylation sites (N-methyl/N-ethyl adjacent to an activating group) is 1. The standard InChI is InChI=1S/C14H17ClFN3O/c1-19-8-3-2-7-13(19)14(20)18-17-9-10-11(15)5-4-6-12(10)16/h4-6,9,13H,2-3,7-8H2,1H3,(H,18,20)/p+1. The highest BCUT2D eigenvalue weighted by atomic mass is 35.5. The van der Waals surface area contributed by atoms with Crippen LogP contribution < -0.4 is 10.3 Å². The van der Waals surface area contributed by atoms with Crippen molar-refractivity contribution in [2.75, 3.05) is 13.6 Å². The smallest absolute Gasteiger partial charge is 0.298 e. The van der Waals surface area contributed by atoms with Crippen LogP contribution in [0, 0.1) is 5.82 Å². The Bertz CT molecular complexity index is 501. The summed E-state index contributed by atoms with van der Waals surface area (Å²) in [6, 6.07) is 4.31. The Kier molecular flexibility index (Phi) is 5.09. The fourth-order valence-corrected chi connectivity index (χ4v) is 2.61. The molecule has 2 atom stereocenters. The molecular weight excluding hydrogens is 281 g/mol. The minimum absolute atomic E-state index is 0.0861. The summed E-state index contributed by atoms with van der Waals surface area (Å²) in [4.78, 5) is 13.2. The van der Waals surface area contributed by atoms with Crippen molar-refractivity contribution in [3.63, 3.8) is 0 Å². The summed E-state index contributed by atoms with van der Waals surface area (Å²) in [6.45, 7) is 0.987. The molecule has 0 spiro atoms. The number of hydrogen-bond donors (Lipinski definition) is 2. The van der Waals surface area contributed by atoms with Gasteiger partial charge in [-0.05, 0) is 25.0 Å². The Morgan fingerprint density at radius 1 is 1.55 bits per heavy atom. The maximum Gasteiger partial charge on any atom is 0.298 e. The van der Waals surface area contributed by atoms with E-state index in [9.17, 15) is 9.18 Å². The minimum atomic E-state index is -0.462. The molecule has 1 saturated heterocycles. The van der Waals surface area contributed by atoms with Gasteiger partial charge in [0, 0.05) is 12.0 Å². The van der Waals surface area contributed by atoms with Crippen LogP contribution in [0.3, 0.4) is 0 Å². The van der Waals surface area contributed by atoms with Gasteiger partial charge in [0.15, 0.2) is 6.04 Å². The van der Waals surface area contributed by atoms with Gasteiger partial charge in [0.05, 0.1) is 24.8 Å². The van der Waals surface area contributed by atoms with Gasteiger partial charge in [-0.15, -0.1) is 0 Å². The summed E-state index contributed by atoms with van der Waals surface area (Å²) in [6.07, 6.45) is 4.30. The number of carbonyl (C=O) groups is 1. The third-order valence-corrected chi connectivity index (χ3v) is 3.92. The molecule has 0 aromatic heterocycles. The number of hydrogen-bond acceptors (Lipinski definition) is 2. The maximum absolute atomic E-state index is 13.5. The van der Waals surface area contributed by atoms with E-state index in [1.807, 2.05) is 7.05 Å². The zero-order valence-electron chi connectivity index (χ0n) is 11.3. The van der Waals surface area contributed by atoms with Crippen molar-refractivity contribution in [3.05, 3.63) is 34.6 Å². The average molecular weight is 299 g/mol. The van der Waals surface area contributed by atoms with Crippen LogP contribution in [0.4, 0.5) is 4.39 Å². The Hall–Kier alpha value is -1.46. The molecule has 1 aliphatic rings. The molecule has 1 aliphatic heterocycles. The third kappa shape index (κ3) is 3.55. The van der Waals surface area contributed by atoms with E-state index in [4.69, 9.17) is 11.6 Å². The summed E-state index contributed by atoms with van der Waals surface area (Å²) in [5.41, 5.74) is 2.65. The molecule has 1 amide bonds. The zero-order valence-corrected chi connectivity index (χ0v) is 12.1. The lowest BCUT2D eigenvalue weighted by Gasteiger charge is -2.27. The highest BCUT2D eigenvalue weighted by molar-refractivity contribution is 6.33. The van der Waals surface area contributed by atoms with Crippen LogP contribution in [0.25, 0.3) is 0 Å². The van der Waals surface area contributed by atoms with Crippen LogP contribution in [0.2, 0.25) is 5.02 Å². The van der Waals surface area contributed by atoms with E-state index in [-0.39, 0.29) is 22.5 Å². The summed E-state index contributed by atoms with van der Waals surface area (Å²) >= 11 is 5.87. The van der Waals surface area contributed by atoms with Gasteiger partial charge in [0.2, 0.25) is 0 Å². The van der Waals surface area contributed by atoms with E-state index in [1.54, 1.807) is 6.07 Å². The number of nitrogens with one attached hydrogen (secondary N) is 2. The molecule has 2 rings (SSSR count). The molecule has 6 heteroatoms. The van der Waals surface area contributed by atoms with Crippen molar-refractivity contribution >= 4 is 23.7 Å². The van der Waals surface area contributed by atoms with Gasteiger partial charge >= 0.3 is 0 Å². The van der Waals surface area contributed by atoms with Crippen molar-refractivity contribution in [3.8, 4) is 0 Å². The van der Waals surface area contributed by atoms with Crippen LogP contribution in [0.1, 0.15) is 24.8 Å². The maximum atomic E-state index is 13.5. The van der Waals surface area contributed by atoms with Crippen molar-refractivity contribution in [2.24, 2.45) is 5.10 Å². The summed E-state index contributed by atoms with van der Waals surface area (Å²) < 4.78 is 13.5. The van der Waals surface area contributed by atoms with Crippen molar-refractivity contribution < 1.29 is 14.1 Å². The topological polar surface area (TPSA) is 45.9 Å². The summed E-state index contributed by atoms with van der Waals surface area (Å²) in [7, 11) is 2.00. The monoisotopic (exact) mass is 298 g/mol. The molecule has 0 aliphatic carbocycles. The molecule has 0 radical (unpaired) electrons. The number of likely N-dealkylation sites (tertiary alicyclic amines) is 1. The highest BCUT2D eigenvalue weighted by Crippen LogP contribution is 2.16. The first-order valence-electron chi connectivity index (χ1n) is 6.69. The fraction of sp³-hybridized carbons (Fsp3) is 0.429. The SMILES string of the molecule is C[NH+]1CCCCC1C(=O)NN=Cc1c(F)cccc1Cl. The Labute approximate surface area is 122 Å². The van der Waals surface area contributed by atoms with Crippen molar-refractivity contribution in [1.29, 1.82) is 0 Å². The van der Waals surface area contributed by atoms with Crippen molar-refractivity contribution in [2.45, 2.75) is 25.3 Å². The molecule has 1 aromatic carbocycles. The second-order valence-electron chi connectivity index (χ2n) is 5.01. The minimum Gasteiger partial charge on any atom is -0.327 e. The molecular formula is C14H18ClFN3O+. The number of nitrogens with zero attached hydrogens (tertiary/aromatic N) is 1. The number of amides is 1. The van der Waals surface area contributed by atoms with Gasteiger partial charge in [0.25, 0.3) is 5.91 Å². The van der Waals surface area contributed by atoms with E-state index in [1.165, 1.54) is 23.2 Å². The summed E-state index contributed by atoms with van der Waals surface area (Å²) in [5, 5.41) is 4.08. The molecule has 1 fully saturated rings. The Morgan fingerprint density at radius 2 is 2.35 bits per heavy atom. The van der Waals surface area contributed by atoms with E-state index in [0.29, 0.717) is 0 Å². The van der Waals surface area contributed by atoms with Gasteiger partial charge in [-0.1, -0.05) is 17.7 Å². The van der Waals surface area contributed by atoms with Crippen LogP contribution in [0.5, 0.6) is 0 Å². The number of hydrazone groups is 1. The largest absolute Gasteiger partial charge is 0.327 e. The molecule has 108 valence electrons. The average Bonchev–Trinajstić information content (AvgIpc) is 2.42. The molecule has 0 bridgehead atoms. The van der Waals surface area contributed by atoms with Crippen LogP contribution in [0.15, 0.2) is 23.3 Å². The molecule has 4 nitrogen and oxygen atoms in total. The van der Waals surface area contributed by atoms with Gasteiger partial charge < -0.3 is 4.90 Å². The first kappa shape index (κ1) is 14.9. The molecule has 0 saturated carbocycles. The van der Waals surface area contributed by atoms with E-state index in [2.05, 4.69) is 10.5 Å². The quantitative estimate of drug-likeness (QED) is 0.635. The number of carbonyl (C=O) groups excluding carboxylic acids is 1. The fourth-order valence-electron chi connectivity index (χ4n) is 2.40. The second kappa shape index (κ2) is 6.81. The lowest BCUT2D eigenvalue weighted by molar-refractivity contribution is -0.901. The van der Waals surface area contributed by atoms with Gasteiger partial charge in [-0.25, -0.2) is 9.82 Å². The number of piperidine rings is 1. The number of rotatable bonds is 3. The normalized spacial score (nSPS) is 22.9. The first-order valence-corrected chi connectivity index (χ1v) is 7.06. The third-order valence-electron chi connectivity index (χ3n) is 3.59. The van der Waals surface area contributed by atoms with Gasteiger partial charge in [-0.2, -0.15) is 5.10 Å². The Balaban J connectivity index is 1.97. The Morgan fingerprint density at radius 3 is 3.05 bits per heavy atom. The molecule has 2 N–H and O–H groups in total. The van der Waals surface area contributed by atoms with Gasteiger partial charge in [-0.3, -0.25) is 4.79 Å². The number of halogens is 2. The van der Waals surface area contributed by atoms with Crippen molar-refractivity contribution in [1.82, 2.24) is 5.43 Å². The molecule has 1 aromatic rings. The predicted octanol–water partition coefficient (Wildman–Crippen LogP) is 0.996. The lowest BCUT2D eigenvalue weighted by atomic mass is 10.0.